The molecule has 11 rings (SSSR count). The van der Waals surface area contributed by atoms with Gasteiger partial charge in [0.2, 0.25) is 0 Å². The van der Waals surface area contributed by atoms with Gasteiger partial charge in [0.15, 0.2) is 5.82 Å². The lowest BCUT2D eigenvalue weighted by Gasteiger charge is -2.15. The molecule has 8 aromatic carbocycles. The fourth-order valence-electron chi connectivity index (χ4n) is 8.30. The van der Waals surface area contributed by atoms with Gasteiger partial charge < -0.3 is 4.57 Å². The molecule has 0 aliphatic rings. The van der Waals surface area contributed by atoms with E-state index in [1.165, 1.54) is 69.9 Å². The molecule has 0 fully saturated rings. The molecule has 0 saturated heterocycles. The first-order valence-corrected chi connectivity index (χ1v) is 19.6. The lowest BCUT2D eigenvalue weighted by atomic mass is 9.89. The average molecular weight is 733 g/mol. The van der Waals surface area contributed by atoms with Crippen molar-refractivity contribution >= 4 is 53.3 Å². The number of nitrogens with zero attached hydrogens (tertiary/aromatic N) is 4. The molecule has 56 heavy (non-hydrogen) atoms. The molecule has 11 aromatic rings. The number of fused-ring (bicyclic) bond motifs is 7. The maximum absolute atomic E-state index is 4.65. The number of para-hydroxylation sites is 2. The highest BCUT2D eigenvalue weighted by Crippen LogP contribution is 2.45. The highest BCUT2D eigenvalue weighted by Gasteiger charge is 2.19. The van der Waals surface area contributed by atoms with E-state index < -0.39 is 0 Å². The summed E-state index contributed by atoms with van der Waals surface area (Å²) in [7, 11) is 0. The van der Waals surface area contributed by atoms with Gasteiger partial charge in [0.1, 0.15) is 12.7 Å². The Morgan fingerprint density at radius 2 is 0.982 bits per heavy atom. The highest BCUT2D eigenvalue weighted by atomic mass is 32.1. The van der Waals surface area contributed by atoms with Crippen molar-refractivity contribution in [1.82, 2.24) is 19.5 Å². The van der Waals surface area contributed by atoms with Crippen molar-refractivity contribution in [2.75, 3.05) is 0 Å². The summed E-state index contributed by atoms with van der Waals surface area (Å²) in [4.78, 5) is 13.5. The molecule has 4 nitrogen and oxygen atoms in total. The summed E-state index contributed by atoms with van der Waals surface area (Å²) >= 11 is 1.87. The minimum absolute atomic E-state index is 0.646. The number of hydrogen-bond acceptors (Lipinski definition) is 4. The molecule has 0 saturated carbocycles. The van der Waals surface area contributed by atoms with E-state index in [4.69, 9.17) is 0 Å². The number of aromatic nitrogens is 4. The fourth-order valence-corrected chi connectivity index (χ4v) is 9.60. The summed E-state index contributed by atoms with van der Waals surface area (Å²) in [5.41, 5.74) is 13.8. The molecule has 0 radical (unpaired) electrons. The Labute approximate surface area is 327 Å². The normalized spacial score (nSPS) is 11.6. The average Bonchev–Trinajstić information content (AvgIpc) is 3.82. The zero-order valence-corrected chi connectivity index (χ0v) is 31.0. The molecule has 0 bridgehead atoms. The van der Waals surface area contributed by atoms with Crippen molar-refractivity contribution in [1.29, 1.82) is 0 Å². The SMILES string of the molecule is c1ccc(-c2ccc(-c3ccc(-c4ccc5c(c4)sc4c5ccc5c4c4ccccc4n5-c4ccccc4)c(-c4ncncn4)c3)cc2-c2ccccc2)cc1. The standard InChI is InChI=1S/C51H32N4S/c1-4-12-33(13-5-1)39-23-20-35(28-44(39)34-14-6-2-7-15-34)36-21-24-40(45(29-36)51-53-31-52-32-54-51)37-22-25-41-42-26-27-47-49(50(42)56-48(41)30-37)43-18-10-11-19-46(43)55(47)38-16-8-3-9-17-38/h1-32H. The molecule has 0 aliphatic heterocycles. The van der Waals surface area contributed by atoms with E-state index in [2.05, 4.69) is 202 Å². The van der Waals surface area contributed by atoms with Gasteiger partial charge in [-0.25, -0.2) is 15.0 Å². The summed E-state index contributed by atoms with van der Waals surface area (Å²) in [6, 6.07) is 65.6. The summed E-state index contributed by atoms with van der Waals surface area (Å²) in [6.45, 7) is 0. The Bertz CT molecular complexity index is 3230. The van der Waals surface area contributed by atoms with Gasteiger partial charge in [-0.2, -0.15) is 0 Å². The number of hydrogen-bond donors (Lipinski definition) is 0. The van der Waals surface area contributed by atoms with Crippen molar-refractivity contribution in [3.05, 3.63) is 195 Å². The summed E-state index contributed by atoms with van der Waals surface area (Å²) < 4.78 is 4.94. The molecule has 5 heteroatoms. The Kier molecular flexibility index (Phi) is 7.64. The van der Waals surface area contributed by atoms with Gasteiger partial charge >= 0.3 is 0 Å². The first-order valence-electron chi connectivity index (χ1n) is 18.7. The lowest BCUT2D eigenvalue weighted by Crippen LogP contribution is -1.94. The van der Waals surface area contributed by atoms with Gasteiger partial charge in [0.25, 0.3) is 0 Å². The summed E-state index contributed by atoms with van der Waals surface area (Å²) in [6.07, 6.45) is 3.15. The molecule has 0 atom stereocenters. The number of thiophene rings is 1. The van der Waals surface area contributed by atoms with Crippen molar-refractivity contribution in [3.8, 4) is 61.6 Å². The van der Waals surface area contributed by atoms with E-state index in [-0.39, 0.29) is 0 Å². The van der Waals surface area contributed by atoms with Gasteiger partial charge in [0, 0.05) is 42.2 Å². The van der Waals surface area contributed by atoms with E-state index in [1.54, 1.807) is 12.7 Å². The van der Waals surface area contributed by atoms with Gasteiger partial charge in [-0.3, -0.25) is 0 Å². The molecule has 262 valence electrons. The van der Waals surface area contributed by atoms with Crippen molar-refractivity contribution in [2.24, 2.45) is 0 Å². The Morgan fingerprint density at radius 3 is 1.71 bits per heavy atom. The highest BCUT2D eigenvalue weighted by molar-refractivity contribution is 7.26. The van der Waals surface area contributed by atoms with Gasteiger partial charge in [-0.1, -0.05) is 140 Å². The summed E-state index contributed by atoms with van der Waals surface area (Å²) in [5, 5.41) is 5.11. The predicted octanol–water partition coefficient (Wildman–Crippen LogP) is 13.7. The van der Waals surface area contributed by atoms with Gasteiger partial charge in [-0.15, -0.1) is 11.3 Å². The van der Waals surface area contributed by atoms with Crippen LogP contribution in [0.2, 0.25) is 0 Å². The molecule has 0 aliphatic carbocycles. The maximum Gasteiger partial charge on any atom is 0.163 e. The fraction of sp³-hybridized carbons (Fsp3) is 0. The van der Waals surface area contributed by atoms with E-state index in [0.29, 0.717) is 5.82 Å². The molecule has 0 N–H and O–H groups in total. The third kappa shape index (κ3) is 5.32. The van der Waals surface area contributed by atoms with E-state index in [0.717, 1.165) is 27.8 Å². The van der Waals surface area contributed by atoms with Crippen molar-refractivity contribution in [2.45, 2.75) is 0 Å². The smallest absolute Gasteiger partial charge is 0.163 e. The Balaban J connectivity index is 1.07. The quantitative estimate of drug-likeness (QED) is 0.171. The maximum atomic E-state index is 4.65. The topological polar surface area (TPSA) is 43.6 Å². The van der Waals surface area contributed by atoms with E-state index >= 15 is 0 Å². The van der Waals surface area contributed by atoms with Crippen LogP contribution in [0.1, 0.15) is 0 Å². The lowest BCUT2D eigenvalue weighted by molar-refractivity contribution is 1.06. The largest absolute Gasteiger partial charge is 0.309 e. The second-order valence-corrected chi connectivity index (χ2v) is 15.1. The van der Waals surface area contributed by atoms with Crippen molar-refractivity contribution < 1.29 is 0 Å². The third-order valence-corrected chi connectivity index (χ3v) is 12.1. The molecular weight excluding hydrogens is 701 g/mol. The predicted molar refractivity (Wildman–Crippen MR) is 234 cm³/mol. The van der Waals surface area contributed by atoms with Crippen LogP contribution in [0.25, 0.3) is 104 Å². The van der Waals surface area contributed by atoms with Crippen LogP contribution in [0.4, 0.5) is 0 Å². The molecule has 0 amide bonds. The third-order valence-electron chi connectivity index (χ3n) is 10.9. The Hall–Kier alpha value is -7.21. The first kappa shape index (κ1) is 32.2. The molecular formula is C51H32N4S. The second kappa shape index (κ2) is 13.3. The van der Waals surface area contributed by atoms with Crippen LogP contribution in [0, 0.1) is 0 Å². The van der Waals surface area contributed by atoms with Crippen LogP contribution in [0.3, 0.4) is 0 Å². The van der Waals surface area contributed by atoms with Gasteiger partial charge in [-0.05, 0) is 87.0 Å². The monoisotopic (exact) mass is 732 g/mol. The second-order valence-electron chi connectivity index (χ2n) is 14.1. The van der Waals surface area contributed by atoms with E-state index in [9.17, 15) is 0 Å². The number of benzene rings is 8. The van der Waals surface area contributed by atoms with Crippen LogP contribution in [0.5, 0.6) is 0 Å². The molecule has 3 heterocycles. The van der Waals surface area contributed by atoms with Crippen LogP contribution in [-0.4, -0.2) is 19.5 Å². The minimum Gasteiger partial charge on any atom is -0.309 e. The van der Waals surface area contributed by atoms with Gasteiger partial charge in [0.05, 0.1) is 11.0 Å². The minimum atomic E-state index is 0.646. The Morgan fingerprint density at radius 1 is 0.393 bits per heavy atom. The van der Waals surface area contributed by atoms with Crippen LogP contribution >= 0.6 is 11.3 Å². The zero-order valence-electron chi connectivity index (χ0n) is 30.2. The van der Waals surface area contributed by atoms with Crippen molar-refractivity contribution in [3.63, 3.8) is 0 Å². The summed E-state index contributed by atoms with van der Waals surface area (Å²) in [5.74, 6) is 0.646. The van der Waals surface area contributed by atoms with E-state index in [1.807, 2.05) is 11.3 Å². The molecule has 0 spiro atoms. The molecule has 3 aromatic heterocycles. The van der Waals surface area contributed by atoms with Crippen LogP contribution < -0.4 is 0 Å². The van der Waals surface area contributed by atoms with Crippen LogP contribution in [-0.2, 0) is 0 Å². The molecule has 0 unspecified atom stereocenters. The van der Waals surface area contributed by atoms with Crippen LogP contribution in [0.15, 0.2) is 195 Å². The first-order chi connectivity index (χ1) is 27.8. The zero-order chi connectivity index (χ0) is 37.0. The number of rotatable bonds is 6.